The van der Waals surface area contributed by atoms with Crippen molar-refractivity contribution in [3.8, 4) is 17.2 Å². The van der Waals surface area contributed by atoms with Gasteiger partial charge in [-0.3, -0.25) is 10.1 Å². The lowest BCUT2D eigenvalue weighted by Gasteiger charge is -2.09. The van der Waals surface area contributed by atoms with E-state index in [1.807, 2.05) is 4.83 Å². The molecule has 0 unspecified atom stereocenters. The van der Waals surface area contributed by atoms with Crippen molar-refractivity contribution >= 4 is 21.9 Å². The lowest BCUT2D eigenvalue weighted by atomic mass is 10.2. The number of nitro benzene ring substituents is 1. The number of nitrogens with zero attached hydrogens (tertiary/aromatic N) is 2. The molecule has 0 amide bonds. The van der Waals surface area contributed by atoms with E-state index in [9.17, 15) is 23.6 Å². The Morgan fingerprint density at radius 3 is 2.30 bits per heavy atom. The van der Waals surface area contributed by atoms with Gasteiger partial charge in [-0.25, -0.2) is 4.83 Å². The third-order valence-electron chi connectivity index (χ3n) is 3.58. The van der Waals surface area contributed by atoms with Gasteiger partial charge < -0.3 is 14.6 Å². The fourth-order valence-electron chi connectivity index (χ4n) is 2.16. The van der Waals surface area contributed by atoms with Gasteiger partial charge in [0.05, 0.1) is 30.3 Å². The van der Waals surface area contributed by atoms with E-state index < -0.39 is 14.9 Å². The van der Waals surface area contributed by atoms with Crippen LogP contribution in [0.5, 0.6) is 17.2 Å². The number of phenols is 1. The SMILES string of the molecule is COc1cc(C=NNS(=O)(=O)c2ccc(C)c([N+](=O)[O-])c2)cc(OC)c1O. The highest BCUT2D eigenvalue weighted by molar-refractivity contribution is 7.89. The number of hydrogen-bond acceptors (Lipinski definition) is 8. The Labute approximate surface area is 155 Å². The average Bonchev–Trinajstić information content (AvgIpc) is 2.62. The topological polar surface area (TPSA) is 140 Å². The third-order valence-corrected chi connectivity index (χ3v) is 4.80. The van der Waals surface area contributed by atoms with Crippen LogP contribution in [0.4, 0.5) is 5.69 Å². The van der Waals surface area contributed by atoms with Gasteiger partial charge >= 0.3 is 0 Å². The normalized spacial score (nSPS) is 11.4. The molecule has 144 valence electrons. The lowest BCUT2D eigenvalue weighted by Crippen LogP contribution is -2.18. The number of hydrazone groups is 1. The predicted octanol–water partition coefficient (Wildman–Crippen LogP) is 1.94. The number of aryl methyl sites for hydroxylation is 1. The van der Waals surface area contributed by atoms with E-state index in [0.29, 0.717) is 11.1 Å². The molecule has 0 bridgehead atoms. The molecule has 0 aromatic heterocycles. The van der Waals surface area contributed by atoms with Crippen molar-refractivity contribution in [1.82, 2.24) is 4.83 Å². The molecule has 0 fully saturated rings. The van der Waals surface area contributed by atoms with Crippen molar-refractivity contribution in [2.24, 2.45) is 5.10 Å². The maximum atomic E-state index is 12.3. The molecule has 0 heterocycles. The zero-order chi connectivity index (χ0) is 20.2. The Balaban J connectivity index is 2.28. The molecule has 2 rings (SSSR count). The first-order valence-electron chi connectivity index (χ1n) is 7.44. The van der Waals surface area contributed by atoms with Gasteiger partial charge in [0.25, 0.3) is 15.7 Å². The summed E-state index contributed by atoms with van der Waals surface area (Å²) in [5, 5.41) is 24.5. The van der Waals surface area contributed by atoms with Crippen LogP contribution in [0.15, 0.2) is 40.3 Å². The number of phenolic OH excluding ortho intramolecular Hbond substituents is 1. The quantitative estimate of drug-likeness (QED) is 0.415. The molecule has 11 heteroatoms. The van der Waals surface area contributed by atoms with Crippen LogP contribution in [0.3, 0.4) is 0 Å². The summed E-state index contributed by atoms with van der Waals surface area (Å²) < 4.78 is 34.5. The Hall–Kier alpha value is -3.34. The van der Waals surface area contributed by atoms with Gasteiger partial charge in [0, 0.05) is 17.2 Å². The molecule has 2 aromatic carbocycles. The fraction of sp³-hybridized carbons (Fsp3) is 0.188. The van der Waals surface area contributed by atoms with Crippen LogP contribution in [0.1, 0.15) is 11.1 Å². The second-order valence-electron chi connectivity index (χ2n) is 5.33. The van der Waals surface area contributed by atoms with Crippen LogP contribution in [-0.2, 0) is 10.0 Å². The minimum absolute atomic E-state index is 0.118. The van der Waals surface area contributed by atoms with Gasteiger partial charge in [0.15, 0.2) is 11.5 Å². The Bertz CT molecular complexity index is 978. The van der Waals surface area contributed by atoms with Crippen LogP contribution >= 0.6 is 0 Å². The maximum absolute atomic E-state index is 12.3. The van der Waals surface area contributed by atoms with Crippen LogP contribution in [-0.4, -0.2) is 38.9 Å². The molecule has 0 aliphatic rings. The molecule has 0 saturated carbocycles. The van der Waals surface area contributed by atoms with Crippen LogP contribution < -0.4 is 14.3 Å². The number of rotatable bonds is 7. The summed E-state index contributed by atoms with van der Waals surface area (Å²) >= 11 is 0. The van der Waals surface area contributed by atoms with Crippen LogP contribution in [0, 0.1) is 17.0 Å². The van der Waals surface area contributed by atoms with Gasteiger partial charge in [0.2, 0.25) is 5.75 Å². The Morgan fingerprint density at radius 1 is 1.19 bits per heavy atom. The number of benzene rings is 2. The largest absolute Gasteiger partial charge is 0.502 e. The molecule has 0 atom stereocenters. The number of sulfonamides is 1. The summed E-state index contributed by atoms with van der Waals surface area (Å²) in [7, 11) is -1.41. The molecule has 2 N–H and O–H groups in total. The third kappa shape index (κ3) is 4.44. The summed E-state index contributed by atoms with van der Waals surface area (Å²) in [6, 6.07) is 6.39. The van der Waals surface area contributed by atoms with E-state index in [-0.39, 0.29) is 27.8 Å². The zero-order valence-electron chi connectivity index (χ0n) is 14.7. The maximum Gasteiger partial charge on any atom is 0.276 e. The van der Waals surface area contributed by atoms with Gasteiger partial charge in [0.1, 0.15) is 0 Å². The first-order valence-corrected chi connectivity index (χ1v) is 8.93. The summed E-state index contributed by atoms with van der Waals surface area (Å²) in [4.78, 5) is 12.0. The summed E-state index contributed by atoms with van der Waals surface area (Å²) in [6.07, 6.45) is 1.17. The number of methoxy groups -OCH3 is 2. The highest BCUT2D eigenvalue weighted by atomic mass is 32.2. The van der Waals surface area contributed by atoms with Crippen molar-refractivity contribution in [2.75, 3.05) is 14.2 Å². The average molecular weight is 395 g/mol. The zero-order valence-corrected chi connectivity index (χ0v) is 15.5. The molecular weight excluding hydrogens is 378 g/mol. The smallest absolute Gasteiger partial charge is 0.276 e. The first kappa shape index (κ1) is 20.0. The molecule has 0 saturated heterocycles. The molecule has 0 aliphatic carbocycles. The van der Waals surface area contributed by atoms with E-state index in [4.69, 9.17) is 9.47 Å². The van der Waals surface area contributed by atoms with Crippen molar-refractivity contribution in [2.45, 2.75) is 11.8 Å². The highest BCUT2D eigenvalue weighted by Crippen LogP contribution is 2.36. The fourth-order valence-corrected chi connectivity index (χ4v) is 2.98. The molecule has 27 heavy (non-hydrogen) atoms. The first-order chi connectivity index (χ1) is 12.7. The van der Waals surface area contributed by atoms with Crippen molar-refractivity contribution in [1.29, 1.82) is 0 Å². The number of hydrogen-bond donors (Lipinski definition) is 2. The van der Waals surface area contributed by atoms with Crippen LogP contribution in [0.2, 0.25) is 0 Å². The van der Waals surface area contributed by atoms with E-state index in [2.05, 4.69) is 5.10 Å². The van der Waals surface area contributed by atoms with Gasteiger partial charge in [-0.2, -0.15) is 13.5 Å². The summed E-state index contributed by atoms with van der Waals surface area (Å²) in [5.41, 5.74) is 0.416. The lowest BCUT2D eigenvalue weighted by molar-refractivity contribution is -0.385. The molecule has 0 aliphatic heterocycles. The minimum Gasteiger partial charge on any atom is -0.502 e. The Kier molecular flexibility index (Phi) is 5.85. The summed E-state index contributed by atoms with van der Waals surface area (Å²) in [5.74, 6) is 0.0327. The highest BCUT2D eigenvalue weighted by Gasteiger charge is 2.19. The van der Waals surface area contributed by atoms with E-state index in [1.54, 1.807) is 0 Å². The number of nitrogens with one attached hydrogen (secondary N) is 1. The van der Waals surface area contributed by atoms with Gasteiger partial charge in [-0.05, 0) is 25.1 Å². The minimum atomic E-state index is -4.11. The second kappa shape index (κ2) is 7.91. The molecule has 10 nitrogen and oxygen atoms in total. The van der Waals surface area contributed by atoms with Crippen molar-refractivity contribution in [3.63, 3.8) is 0 Å². The van der Waals surface area contributed by atoms with Crippen molar-refractivity contribution < 1.29 is 27.9 Å². The molecule has 0 spiro atoms. The standard InChI is InChI=1S/C16H17N3O7S/c1-10-4-5-12(8-13(10)19(21)22)27(23,24)18-17-9-11-6-14(25-2)16(20)15(7-11)26-3/h4-9,18,20H,1-3H3. The monoisotopic (exact) mass is 395 g/mol. The van der Waals surface area contributed by atoms with Gasteiger partial charge in [-0.1, -0.05) is 6.07 Å². The van der Waals surface area contributed by atoms with Crippen LogP contribution in [0.25, 0.3) is 0 Å². The van der Waals surface area contributed by atoms with E-state index in [1.165, 1.54) is 51.6 Å². The molecule has 0 radical (unpaired) electrons. The number of nitro groups is 1. The van der Waals surface area contributed by atoms with Crippen molar-refractivity contribution in [3.05, 3.63) is 51.6 Å². The summed E-state index contributed by atoms with van der Waals surface area (Å²) in [6.45, 7) is 1.51. The number of aromatic hydroxyl groups is 1. The van der Waals surface area contributed by atoms with Gasteiger partial charge in [-0.15, -0.1) is 0 Å². The molecular formula is C16H17N3O7S. The second-order valence-corrected chi connectivity index (χ2v) is 6.99. The molecule has 2 aromatic rings. The number of ether oxygens (including phenoxy) is 2. The Morgan fingerprint density at radius 2 is 1.78 bits per heavy atom. The van der Waals surface area contributed by atoms with E-state index in [0.717, 1.165) is 6.07 Å². The predicted molar refractivity (Wildman–Crippen MR) is 97.0 cm³/mol. The van der Waals surface area contributed by atoms with E-state index >= 15 is 0 Å².